The highest BCUT2D eigenvalue weighted by molar-refractivity contribution is 6.40. The molecule has 0 N–H and O–H groups in total. The first-order chi connectivity index (χ1) is 9.93. The molecule has 0 unspecified atom stereocenters. The van der Waals surface area contributed by atoms with Crippen molar-refractivity contribution in [3.63, 3.8) is 0 Å². The van der Waals surface area contributed by atoms with Crippen LogP contribution in [-0.2, 0) is 24.7 Å². The van der Waals surface area contributed by atoms with Crippen LogP contribution in [0.5, 0.6) is 0 Å². The topological polar surface area (TPSA) is 93.0 Å². The molecule has 0 radical (unpaired) electrons. The molecule has 0 aliphatic rings. The van der Waals surface area contributed by atoms with Gasteiger partial charge in [0.05, 0.1) is 10.0 Å². The summed E-state index contributed by atoms with van der Waals surface area (Å²) in [7, 11) is 0. The van der Waals surface area contributed by atoms with Gasteiger partial charge in [-0.1, -0.05) is 34.8 Å². The SMILES string of the molecule is O=CC(C=O)N=NC(C=O)(C=O)c1c(Cl)cc(Cl)cc1Cl. The van der Waals surface area contributed by atoms with Crippen LogP contribution in [-0.4, -0.2) is 31.2 Å². The lowest BCUT2D eigenvalue weighted by Gasteiger charge is -2.19. The van der Waals surface area contributed by atoms with E-state index in [1.165, 1.54) is 12.1 Å². The Bertz CT molecular complexity index is 580. The van der Waals surface area contributed by atoms with Crippen LogP contribution in [0.3, 0.4) is 0 Å². The number of carbonyl (C=O) groups is 4. The summed E-state index contributed by atoms with van der Waals surface area (Å²) >= 11 is 17.6. The minimum Gasteiger partial charge on any atom is -0.300 e. The molecule has 0 aliphatic carbocycles. The fourth-order valence-corrected chi connectivity index (χ4v) is 2.54. The molecule has 0 aromatic heterocycles. The molecule has 1 rings (SSSR count). The zero-order valence-electron chi connectivity index (χ0n) is 10.2. The third kappa shape index (κ3) is 3.72. The van der Waals surface area contributed by atoms with Crippen molar-refractivity contribution in [2.75, 3.05) is 0 Å². The van der Waals surface area contributed by atoms with Gasteiger partial charge in [-0.25, -0.2) is 0 Å². The summed E-state index contributed by atoms with van der Waals surface area (Å²) in [5.41, 5.74) is -2.30. The van der Waals surface area contributed by atoms with Gasteiger partial charge >= 0.3 is 0 Å². The molecule has 0 fully saturated rings. The van der Waals surface area contributed by atoms with Gasteiger partial charge in [0.2, 0.25) is 5.54 Å². The zero-order chi connectivity index (χ0) is 16.0. The molecule has 9 heteroatoms. The summed E-state index contributed by atoms with van der Waals surface area (Å²) in [6.45, 7) is 0. The molecule has 6 nitrogen and oxygen atoms in total. The number of rotatable bonds is 7. The smallest absolute Gasteiger partial charge is 0.219 e. The highest BCUT2D eigenvalue weighted by Crippen LogP contribution is 2.37. The van der Waals surface area contributed by atoms with Gasteiger partial charge in [-0.3, -0.25) is 9.59 Å². The van der Waals surface area contributed by atoms with E-state index in [4.69, 9.17) is 34.8 Å². The van der Waals surface area contributed by atoms with E-state index in [1.807, 2.05) is 0 Å². The molecule has 1 aromatic rings. The van der Waals surface area contributed by atoms with Crippen molar-refractivity contribution in [3.05, 3.63) is 32.8 Å². The lowest BCUT2D eigenvalue weighted by atomic mass is 9.94. The Hall–Kier alpha value is -1.63. The highest BCUT2D eigenvalue weighted by atomic mass is 35.5. The van der Waals surface area contributed by atoms with Crippen LogP contribution in [0, 0.1) is 0 Å². The Morgan fingerprint density at radius 2 is 1.43 bits per heavy atom. The van der Waals surface area contributed by atoms with Gasteiger partial charge in [-0.15, -0.1) is 0 Å². The summed E-state index contributed by atoms with van der Waals surface area (Å²) in [6, 6.07) is 1.09. The van der Waals surface area contributed by atoms with E-state index >= 15 is 0 Å². The number of carbonyl (C=O) groups excluding carboxylic acids is 4. The Morgan fingerprint density at radius 3 is 1.81 bits per heavy atom. The van der Waals surface area contributed by atoms with E-state index in [0.29, 0.717) is 0 Å². The first-order valence-corrected chi connectivity index (χ1v) is 6.47. The average Bonchev–Trinajstić information content (AvgIpc) is 2.45. The van der Waals surface area contributed by atoms with Crippen molar-refractivity contribution >= 4 is 59.9 Å². The zero-order valence-corrected chi connectivity index (χ0v) is 12.5. The van der Waals surface area contributed by atoms with Crippen LogP contribution in [0.4, 0.5) is 0 Å². The van der Waals surface area contributed by atoms with Crippen LogP contribution < -0.4 is 0 Å². The standard InChI is InChI=1S/C12H7Cl3N2O4/c13-7-1-9(14)11(10(15)2-7)12(5-20,6-21)17-16-8(3-18)4-19/h1-6,8H. The molecule has 0 heterocycles. The maximum absolute atomic E-state index is 11.3. The van der Waals surface area contributed by atoms with Crippen molar-refractivity contribution in [2.45, 2.75) is 11.6 Å². The highest BCUT2D eigenvalue weighted by Gasteiger charge is 2.37. The second kappa shape index (κ2) is 7.40. The molecule has 0 spiro atoms. The molecule has 1 aromatic carbocycles. The Kier molecular flexibility index (Phi) is 6.14. The number of azo groups is 1. The minimum absolute atomic E-state index is 0.0839. The normalized spacial score (nSPS) is 11.6. The quantitative estimate of drug-likeness (QED) is 0.429. The van der Waals surface area contributed by atoms with Gasteiger partial charge in [0.25, 0.3) is 0 Å². The van der Waals surface area contributed by atoms with Crippen molar-refractivity contribution < 1.29 is 19.2 Å². The van der Waals surface area contributed by atoms with Crippen molar-refractivity contribution in [1.29, 1.82) is 0 Å². The lowest BCUT2D eigenvalue weighted by molar-refractivity contribution is -0.122. The molecule has 0 amide bonds. The lowest BCUT2D eigenvalue weighted by Crippen LogP contribution is -2.28. The third-order valence-corrected chi connectivity index (χ3v) is 3.22. The van der Waals surface area contributed by atoms with Crippen LogP contribution >= 0.6 is 34.8 Å². The van der Waals surface area contributed by atoms with Gasteiger partial charge in [-0.2, -0.15) is 10.2 Å². The summed E-state index contributed by atoms with van der Waals surface area (Å²) in [6.07, 6.45) is 0.693. The van der Waals surface area contributed by atoms with Gasteiger partial charge < -0.3 is 9.59 Å². The van der Waals surface area contributed by atoms with Crippen LogP contribution in [0.15, 0.2) is 22.4 Å². The first-order valence-electron chi connectivity index (χ1n) is 5.34. The maximum Gasteiger partial charge on any atom is 0.219 e. The van der Waals surface area contributed by atoms with E-state index in [0.717, 1.165) is 0 Å². The number of hydrogen-bond acceptors (Lipinski definition) is 6. The summed E-state index contributed by atoms with van der Waals surface area (Å²) in [5.74, 6) is 0. The third-order valence-electron chi connectivity index (χ3n) is 2.40. The van der Waals surface area contributed by atoms with E-state index in [-0.39, 0.29) is 45.8 Å². The summed E-state index contributed by atoms with van der Waals surface area (Å²) < 4.78 is 0. The predicted molar refractivity (Wildman–Crippen MR) is 76.1 cm³/mol. The average molecular weight is 350 g/mol. The van der Waals surface area contributed by atoms with Gasteiger partial charge in [0.1, 0.15) is 0 Å². The summed E-state index contributed by atoms with van der Waals surface area (Å²) in [4.78, 5) is 43.7. The number of benzene rings is 1. The number of aldehydes is 4. The van der Waals surface area contributed by atoms with E-state index < -0.39 is 11.6 Å². The summed E-state index contributed by atoms with van der Waals surface area (Å²) in [5, 5.41) is 6.82. The molecular weight excluding hydrogens is 343 g/mol. The van der Waals surface area contributed by atoms with Crippen molar-refractivity contribution in [3.8, 4) is 0 Å². The number of halogens is 3. The van der Waals surface area contributed by atoms with Crippen molar-refractivity contribution in [2.24, 2.45) is 10.2 Å². The fraction of sp³-hybridized carbons (Fsp3) is 0.167. The monoisotopic (exact) mass is 348 g/mol. The second-order valence-electron chi connectivity index (χ2n) is 3.78. The Labute approximate surface area is 134 Å². The number of hydrogen-bond donors (Lipinski definition) is 0. The van der Waals surface area contributed by atoms with E-state index in [9.17, 15) is 19.2 Å². The van der Waals surface area contributed by atoms with Crippen molar-refractivity contribution in [1.82, 2.24) is 0 Å². The molecule has 0 atom stereocenters. The largest absolute Gasteiger partial charge is 0.300 e. The maximum atomic E-state index is 11.3. The molecule has 0 saturated heterocycles. The van der Waals surface area contributed by atoms with Gasteiger partial charge in [-0.05, 0) is 12.1 Å². The van der Waals surface area contributed by atoms with Crippen LogP contribution in [0.1, 0.15) is 5.56 Å². The molecule has 110 valence electrons. The molecule has 21 heavy (non-hydrogen) atoms. The van der Waals surface area contributed by atoms with E-state index in [2.05, 4.69) is 10.2 Å². The molecule has 0 saturated carbocycles. The van der Waals surface area contributed by atoms with Gasteiger partial charge in [0.15, 0.2) is 31.2 Å². The molecule has 0 aliphatic heterocycles. The van der Waals surface area contributed by atoms with Crippen LogP contribution in [0.25, 0.3) is 0 Å². The molecule has 0 bridgehead atoms. The second-order valence-corrected chi connectivity index (χ2v) is 5.03. The number of nitrogens with zero attached hydrogens (tertiary/aromatic N) is 2. The minimum atomic E-state index is -2.16. The molecular formula is C12H7Cl3N2O4. The Balaban J connectivity index is 3.48. The van der Waals surface area contributed by atoms with Gasteiger partial charge in [0, 0.05) is 10.6 Å². The fourth-order valence-electron chi connectivity index (χ4n) is 1.42. The van der Waals surface area contributed by atoms with E-state index in [1.54, 1.807) is 0 Å². The predicted octanol–water partition coefficient (Wildman–Crippen LogP) is 2.46. The first kappa shape index (κ1) is 17.4. The Morgan fingerprint density at radius 1 is 0.952 bits per heavy atom. The van der Waals surface area contributed by atoms with Crippen LogP contribution in [0.2, 0.25) is 15.1 Å².